The van der Waals surface area contributed by atoms with Crippen molar-refractivity contribution in [3.8, 4) is 5.75 Å². The minimum Gasteiger partial charge on any atom is -0.481 e. The van der Waals surface area contributed by atoms with E-state index in [0.717, 1.165) is 5.56 Å². The van der Waals surface area contributed by atoms with Gasteiger partial charge in [-0.3, -0.25) is 10.1 Å². The topological polar surface area (TPSA) is 64.1 Å². The quantitative estimate of drug-likeness (QED) is 0.663. The third-order valence-corrected chi connectivity index (χ3v) is 4.44. The van der Waals surface area contributed by atoms with E-state index in [9.17, 15) is 4.79 Å². The highest BCUT2D eigenvalue weighted by Gasteiger charge is 2.16. The minimum absolute atomic E-state index is 0.279. The van der Waals surface area contributed by atoms with E-state index in [-0.39, 0.29) is 5.91 Å². The first-order valence-electron chi connectivity index (χ1n) is 7.90. The second-order valence-corrected chi connectivity index (χ2v) is 6.84. The molecular formula is C19H16ClN3O2S. The molecule has 7 heteroatoms. The van der Waals surface area contributed by atoms with E-state index in [4.69, 9.17) is 16.3 Å². The van der Waals surface area contributed by atoms with Gasteiger partial charge in [-0.2, -0.15) is 0 Å². The molecule has 0 spiro atoms. The number of aromatic nitrogens is 2. The standard InChI is InChI=1S/C19H16ClN3O2S/c1-13(25-16-5-3-2-4-6-16)18(24)21-19-23-22-17(26-19)12-9-14-7-10-15(20)11-8-14/h2-13H,1H3,(H,21,23,24)/b12-9+/t13-/m0/s1. The number of hydrogen-bond acceptors (Lipinski definition) is 5. The molecule has 1 amide bonds. The molecule has 1 N–H and O–H groups in total. The van der Waals surface area contributed by atoms with Crippen LogP contribution < -0.4 is 10.1 Å². The van der Waals surface area contributed by atoms with Crippen molar-refractivity contribution in [1.82, 2.24) is 10.2 Å². The Kier molecular flexibility index (Phi) is 5.99. The lowest BCUT2D eigenvalue weighted by Gasteiger charge is -2.13. The number of carbonyl (C=O) groups excluding carboxylic acids is 1. The third kappa shape index (κ3) is 5.15. The number of nitrogens with zero attached hydrogens (tertiary/aromatic N) is 2. The van der Waals surface area contributed by atoms with E-state index in [1.807, 2.05) is 54.6 Å². The van der Waals surface area contributed by atoms with E-state index in [1.165, 1.54) is 11.3 Å². The molecule has 0 saturated carbocycles. The lowest BCUT2D eigenvalue weighted by Crippen LogP contribution is -2.30. The average molecular weight is 386 g/mol. The molecule has 0 unspecified atom stereocenters. The van der Waals surface area contributed by atoms with Gasteiger partial charge in [-0.05, 0) is 42.8 Å². The molecule has 3 aromatic rings. The van der Waals surface area contributed by atoms with Crippen LogP contribution in [-0.2, 0) is 4.79 Å². The zero-order valence-corrected chi connectivity index (χ0v) is 15.5. The van der Waals surface area contributed by atoms with Gasteiger partial charge in [0.25, 0.3) is 5.91 Å². The van der Waals surface area contributed by atoms with Crippen molar-refractivity contribution >= 4 is 46.1 Å². The summed E-state index contributed by atoms with van der Waals surface area (Å²) in [6, 6.07) is 16.6. The first-order valence-corrected chi connectivity index (χ1v) is 9.09. The summed E-state index contributed by atoms with van der Waals surface area (Å²) < 4.78 is 5.59. The Morgan fingerprint density at radius 1 is 1.12 bits per heavy atom. The van der Waals surface area contributed by atoms with E-state index in [0.29, 0.717) is 20.9 Å². The average Bonchev–Trinajstić information content (AvgIpc) is 3.09. The fraction of sp³-hybridized carbons (Fsp3) is 0.105. The summed E-state index contributed by atoms with van der Waals surface area (Å²) in [4.78, 5) is 12.2. The summed E-state index contributed by atoms with van der Waals surface area (Å²) in [5.74, 6) is 0.359. The molecule has 0 fully saturated rings. The highest BCUT2D eigenvalue weighted by atomic mass is 35.5. The van der Waals surface area contributed by atoms with Gasteiger partial charge < -0.3 is 4.74 Å². The molecule has 2 aromatic carbocycles. The Labute approximate surface area is 160 Å². The van der Waals surface area contributed by atoms with E-state index < -0.39 is 6.10 Å². The van der Waals surface area contributed by atoms with Gasteiger partial charge in [0.15, 0.2) is 6.10 Å². The summed E-state index contributed by atoms with van der Waals surface area (Å²) in [5.41, 5.74) is 1.00. The zero-order chi connectivity index (χ0) is 18.4. The first kappa shape index (κ1) is 18.1. The number of amides is 1. The Hall–Kier alpha value is -2.70. The smallest absolute Gasteiger partial charge is 0.266 e. The Bertz CT molecular complexity index is 895. The maximum atomic E-state index is 12.2. The van der Waals surface area contributed by atoms with Crippen molar-refractivity contribution < 1.29 is 9.53 Å². The molecule has 0 aliphatic carbocycles. The van der Waals surface area contributed by atoms with Gasteiger partial charge in [0.05, 0.1) is 0 Å². The molecule has 26 heavy (non-hydrogen) atoms. The zero-order valence-electron chi connectivity index (χ0n) is 13.9. The highest BCUT2D eigenvalue weighted by Crippen LogP contribution is 2.19. The third-order valence-electron chi connectivity index (χ3n) is 3.38. The maximum Gasteiger partial charge on any atom is 0.266 e. The van der Waals surface area contributed by atoms with Crippen molar-refractivity contribution in [2.45, 2.75) is 13.0 Å². The second-order valence-electron chi connectivity index (χ2n) is 5.39. The Morgan fingerprint density at radius 3 is 2.58 bits per heavy atom. The van der Waals surface area contributed by atoms with Crippen LogP contribution >= 0.6 is 22.9 Å². The minimum atomic E-state index is -0.644. The normalized spacial score (nSPS) is 12.1. The molecule has 1 aromatic heterocycles. The lowest BCUT2D eigenvalue weighted by molar-refractivity contribution is -0.122. The molecule has 5 nitrogen and oxygen atoms in total. The van der Waals surface area contributed by atoms with Crippen LogP contribution in [-0.4, -0.2) is 22.2 Å². The lowest BCUT2D eigenvalue weighted by atomic mass is 10.2. The van der Waals surface area contributed by atoms with E-state index in [1.54, 1.807) is 19.1 Å². The molecule has 1 heterocycles. The molecule has 3 rings (SSSR count). The van der Waals surface area contributed by atoms with Gasteiger partial charge in [-0.15, -0.1) is 10.2 Å². The molecule has 0 radical (unpaired) electrons. The molecule has 1 atom stereocenters. The number of benzene rings is 2. The summed E-state index contributed by atoms with van der Waals surface area (Å²) in [6.07, 6.45) is 3.10. The number of anilines is 1. The van der Waals surface area contributed by atoms with Crippen molar-refractivity contribution in [3.05, 3.63) is 70.2 Å². The predicted molar refractivity (Wildman–Crippen MR) is 105 cm³/mol. The number of ether oxygens (including phenoxy) is 1. The van der Waals surface area contributed by atoms with Gasteiger partial charge >= 0.3 is 0 Å². The SMILES string of the molecule is C[C@H](Oc1ccccc1)C(=O)Nc1nnc(/C=C/c2ccc(Cl)cc2)s1. The van der Waals surface area contributed by atoms with Gasteiger partial charge in [0, 0.05) is 5.02 Å². The van der Waals surface area contributed by atoms with Crippen LogP contribution in [0.2, 0.25) is 5.02 Å². The number of nitrogens with one attached hydrogen (secondary N) is 1. The van der Waals surface area contributed by atoms with Crippen molar-refractivity contribution in [3.63, 3.8) is 0 Å². The molecule has 0 saturated heterocycles. The molecular weight excluding hydrogens is 370 g/mol. The predicted octanol–water partition coefficient (Wildman–Crippen LogP) is 4.77. The fourth-order valence-corrected chi connectivity index (χ4v) is 2.83. The molecule has 0 aliphatic heterocycles. The van der Waals surface area contributed by atoms with Crippen molar-refractivity contribution in [2.24, 2.45) is 0 Å². The van der Waals surface area contributed by atoms with Gasteiger partial charge in [-0.1, -0.05) is 59.3 Å². The van der Waals surface area contributed by atoms with Crippen LogP contribution in [0.1, 0.15) is 17.5 Å². The van der Waals surface area contributed by atoms with Crippen LogP contribution in [0.25, 0.3) is 12.2 Å². The van der Waals surface area contributed by atoms with Crippen LogP contribution in [0, 0.1) is 0 Å². The van der Waals surface area contributed by atoms with E-state index >= 15 is 0 Å². The largest absolute Gasteiger partial charge is 0.481 e. The van der Waals surface area contributed by atoms with Crippen molar-refractivity contribution in [2.75, 3.05) is 5.32 Å². The van der Waals surface area contributed by atoms with Crippen LogP contribution in [0.3, 0.4) is 0 Å². The molecule has 0 aliphatic rings. The van der Waals surface area contributed by atoms with Crippen molar-refractivity contribution in [1.29, 1.82) is 0 Å². The summed E-state index contributed by atoms with van der Waals surface area (Å²) in [5, 5.41) is 12.5. The fourth-order valence-electron chi connectivity index (χ4n) is 2.06. The second kappa shape index (κ2) is 8.60. The monoisotopic (exact) mass is 385 g/mol. The molecule has 0 bridgehead atoms. The van der Waals surface area contributed by atoms with Gasteiger partial charge in [0.2, 0.25) is 5.13 Å². The van der Waals surface area contributed by atoms with E-state index in [2.05, 4.69) is 15.5 Å². The van der Waals surface area contributed by atoms with Gasteiger partial charge in [-0.25, -0.2) is 0 Å². The number of carbonyl (C=O) groups is 1. The van der Waals surface area contributed by atoms with Crippen LogP contribution in [0.4, 0.5) is 5.13 Å². The summed E-state index contributed by atoms with van der Waals surface area (Å²) in [7, 11) is 0. The highest BCUT2D eigenvalue weighted by molar-refractivity contribution is 7.16. The Morgan fingerprint density at radius 2 is 1.85 bits per heavy atom. The van der Waals surface area contributed by atoms with Crippen LogP contribution in [0.5, 0.6) is 5.75 Å². The maximum absolute atomic E-state index is 12.2. The Balaban J connectivity index is 1.57. The first-order chi connectivity index (χ1) is 12.6. The number of rotatable bonds is 6. The summed E-state index contributed by atoms with van der Waals surface area (Å²) >= 11 is 7.15. The number of para-hydroxylation sites is 1. The van der Waals surface area contributed by atoms with Crippen LogP contribution in [0.15, 0.2) is 54.6 Å². The summed E-state index contributed by atoms with van der Waals surface area (Å²) in [6.45, 7) is 1.69. The molecule has 132 valence electrons. The number of hydrogen-bond donors (Lipinski definition) is 1. The number of halogens is 1. The van der Waals surface area contributed by atoms with Gasteiger partial charge in [0.1, 0.15) is 10.8 Å².